The summed E-state index contributed by atoms with van der Waals surface area (Å²) in [4.78, 5) is 8.99. The number of nitrogens with zero attached hydrogens (tertiary/aromatic N) is 8. The van der Waals surface area contributed by atoms with Gasteiger partial charge in [0, 0.05) is 15.5 Å². The summed E-state index contributed by atoms with van der Waals surface area (Å²) >= 11 is 6.12. The Labute approximate surface area is 129 Å². The minimum absolute atomic E-state index is 0.0462. The summed E-state index contributed by atoms with van der Waals surface area (Å²) in [7, 11) is 0. The van der Waals surface area contributed by atoms with Gasteiger partial charge < -0.3 is 5.32 Å². The molecule has 1 heterocycles. The quantitative estimate of drug-likeness (QED) is 0.468. The number of aromatic nitrogens is 1. The van der Waals surface area contributed by atoms with Gasteiger partial charge in [0.05, 0.1) is 10.7 Å². The van der Waals surface area contributed by atoms with Gasteiger partial charge in [0.2, 0.25) is 0 Å². The highest BCUT2D eigenvalue weighted by Gasteiger charge is 2.17. The van der Waals surface area contributed by atoms with Crippen molar-refractivity contribution in [2.75, 3.05) is 5.32 Å². The Kier molecular flexibility index (Phi) is 4.65. The van der Waals surface area contributed by atoms with Crippen molar-refractivity contribution in [1.82, 2.24) is 4.98 Å². The highest BCUT2D eigenvalue weighted by molar-refractivity contribution is 6.36. The first-order valence-electron chi connectivity index (χ1n) is 5.77. The van der Waals surface area contributed by atoms with Crippen molar-refractivity contribution in [2.45, 2.75) is 0 Å². The topological polar surface area (TPSA) is 146 Å². The van der Waals surface area contributed by atoms with E-state index in [0.29, 0.717) is 5.69 Å². The second-order valence-corrected chi connectivity index (χ2v) is 4.18. The van der Waals surface area contributed by atoms with Crippen LogP contribution < -0.4 is 5.32 Å². The molecule has 0 radical (unpaired) electrons. The third-order valence-electron chi connectivity index (χ3n) is 2.54. The van der Waals surface area contributed by atoms with Crippen LogP contribution in [0.25, 0.3) is 20.9 Å². The number of halogens is 1. The van der Waals surface area contributed by atoms with E-state index in [1.807, 2.05) is 12.1 Å². The number of benzene rings is 1. The second-order valence-electron chi connectivity index (χ2n) is 3.80. The van der Waals surface area contributed by atoms with E-state index in [9.17, 15) is 5.26 Å². The molecule has 0 aliphatic rings. The van der Waals surface area contributed by atoms with Crippen molar-refractivity contribution in [3.8, 4) is 6.07 Å². The molecule has 106 valence electrons. The molecule has 9 nitrogen and oxygen atoms in total. The molecule has 2 aromatic rings. The summed E-state index contributed by atoms with van der Waals surface area (Å²) in [6.45, 7) is 0. The Hall–Kier alpha value is -3.43. The average Bonchev–Trinajstić information content (AvgIpc) is 2.53. The zero-order valence-corrected chi connectivity index (χ0v) is 11.6. The molecule has 0 unspecified atom stereocenters. The van der Waals surface area contributed by atoms with Crippen molar-refractivity contribution in [1.29, 1.82) is 5.26 Å². The van der Waals surface area contributed by atoms with E-state index in [2.05, 4.69) is 30.4 Å². The minimum Gasteiger partial charge on any atom is -0.353 e. The predicted molar refractivity (Wildman–Crippen MR) is 81.3 cm³/mol. The molecule has 0 aliphatic carbocycles. The maximum Gasteiger partial charge on any atom is 0.148 e. The molecule has 0 bridgehead atoms. The Morgan fingerprint density at radius 1 is 1.14 bits per heavy atom. The van der Waals surface area contributed by atoms with E-state index >= 15 is 0 Å². The van der Waals surface area contributed by atoms with Gasteiger partial charge in [-0.3, -0.25) is 0 Å². The third kappa shape index (κ3) is 3.00. The number of anilines is 2. The van der Waals surface area contributed by atoms with Crippen LogP contribution in [0.5, 0.6) is 0 Å². The molecule has 0 saturated carbocycles. The Morgan fingerprint density at radius 3 is 2.36 bits per heavy atom. The van der Waals surface area contributed by atoms with Gasteiger partial charge in [0.25, 0.3) is 0 Å². The van der Waals surface area contributed by atoms with Crippen LogP contribution >= 0.6 is 11.6 Å². The summed E-state index contributed by atoms with van der Waals surface area (Å²) in [6, 6.07) is 10.8. The molecule has 1 aromatic heterocycles. The van der Waals surface area contributed by atoms with Gasteiger partial charge in [0.15, 0.2) is 0 Å². The number of hydrogen-bond donors (Lipinski definition) is 1. The molecule has 0 fully saturated rings. The van der Waals surface area contributed by atoms with Gasteiger partial charge in [0.1, 0.15) is 23.3 Å². The highest BCUT2D eigenvalue weighted by atomic mass is 35.5. The molecular formula is C12H6ClN9. The Balaban J connectivity index is 2.71. The Morgan fingerprint density at radius 2 is 1.77 bits per heavy atom. The molecule has 0 amide bonds. The van der Waals surface area contributed by atoms with Crippen LogP contribution in [0.2, 0.25) is 5.02 Å². The molecule has 2 rings (SSSR count). The molecule has 10 heteroatoms. The van der Waals surface area contributed by atoms with Crippen molar-refractivity contribution < 1.29 is 0 Å². The number of nitriles is 1. The fourth-order valence-electron chi connectivity index (χ4n) is 1.65. The minimum atomic E-state index is -0.227. The van der Waals surface area contributed by atoms with E-state index in [-0.39, 0.29) is 27.9 Å². The van der Waals surface area contributed by atoms with E-state index in [0.717, 1.165) is 0 Å². The third-order valence-corrected chi connectivity index (χ3v) is 2.89. The normalized spacial score (nSPS) is 9.09. The number of nitrogens with one attached hydrogen (secondary N) is 1. The predicted octanol–water partition coefficient (Wildman–Crippen LogP) is 5.23. The largest absolute Gasteiger partial charge is 0.353 e. The maximum atomic E-state index is 9.27. The second kappa shape index (κ2) is 6.83. The van der Waals surface area contributed by atoms with E-state index in [1.165, 1.54) is 0 Å². The zero-order valence-electron chi connectivity index (χ0n) is 10.8. The van der Waals surface area contributed by atoms with Crippen LogP contribution in [0, 0.1) is 11.3 Å². The zero-order chi connectivity index (χ0) is 15.9. The van der Waals surface area contributed by atoms with Crippen LogP contribution in [-0.4, -0.2) is 4.98 Å². The summed E-state index contributed by atoms with van der Waals surface area (Å²) in [6.07, 6.45) is 0. The van der Waals surface area contributed by atoms with E-state index < -0.39 is 0 Å². The summed E-state index contributed by atoms with van der Waals surface area (Å²) in [5.41, 5.74) is 17.8. The fraction of sp³-hybridized carbons (Fsp3) is 0. The molecule has 0 spiro atoms. The SMILES string of the molecule is N#Cc1c(N=[N+]=[N-])nc(N=[N+]=[N-])c(Cl)c1Nc1ccccc1. The van der Waals surface area contributed by atoms with E-state index in [1.54, 1.807) is 24.3 Å². The van der Waals surface area contributed by atoms with Crippen LogP contribution in [0.4, 0.5) is 23.0 Å². The fourth-order valence-corrected chi connectivity index (χ4v) is 1.87. The van der Waals surface area contributed by atoms with Gasteiger partial charge in [-0.25, -0.2) is 4.98 Å². The van der Waals surface area contributed by atoms with Crippen molar-refractivity contribution in [2.24, 2.45) is 10.2 Å². The molecule has 22 heavy (non-hydrogen) atoms. The standard InChI is InChI=1S/C12H6ClN9/c13-9-10(17-7-4-2-1-3-5-7)8(6-14)11(19-21-15)18-12(9)20-22-16/h1-5H,(H,17,18). The maximum absolute atomic E-state index is 9.27. The number of pyridine rings is 1. The van der Waals surface area contributed by atoms with Gasteiger partial charge >= 0.3 is 0 Å². The molecule has 1 aromatic carbocycles. The van der Waals surface area contributed by atoms with Crippen LogP contribution in [0.3, 0.4) is 0 Å². The lowest BCUT2D eigenvalue weighted by Crippen LogP contribution is -1.97. The number of azide groups is 2. The lowest BCUT2D eigenvalue weighted by atomic mass is 10.2. The van der Waals surface area contributed by atoms with Crippen molar-refractivity contribution in [3.05, 3.63) is 61.8 Å². The smallest absolute Gasteiger partial charge is 0.148 e. The first-order valence-corrected chi connectivity index (χ1v) is 6.15. The molecule has 0 atom stereocenters. The summed E-state index contributed by atoms with van der Waals surface area (Å²) in [5.74, 6) is -0.417. The monoisotopic (exact) mass is 311 g/mol. The van der Waals surface area contributed by atoms with Gasteiger partial charge in [-0.05, 0) is 33.4 Å². The summed E-state index contributed by atoms with van der Waals surface area (Å²) < 4.78 is 0. The van der Waals surface area contributed by atoms with Crippen molar-refractivity contribution >= 4 is 34.6 Å². The van der Waals surface area contributed by atoms with Crippen LogP contribution in [0.15, 0.2) is 40.6 Å². The van der Waals surface area contributed by atoms with Crippen LogP contribution in [-0.2, 0) is 0 Å². The number of para-hydroxylation sites is 1. The first-order chi connectivity index (χ1) is 10.7. The number of hydrogen-bond acceptors (Lipinski definition) is 5. The van der Waals surface area contributed by atoms with Gasteiger partial charge in [-0.1, -0.05) is 29.8 Å². The van der Waals surface area contributed by atoms with Crippen molar-refractivity contribution in [3.63, 3.8) is 0 Å². The lowest BCUT2D eigenvalue weighted by molar-refractivity contribution is 1.20. The molecule has 0 aliphatic heterocycles. The van der Waals surface area contributed by atoms with Gasteiger partial charge in [-0.2, -0.15) is 5.26 Å². The Bertz CT molecular complexity index is 843. The first kappa shape index (κ1) is 15.0. The highest BCUT2D eigenvalue weighted by Crippen LogP contribution is 2.39. The summed E-state index contributed by atoms with van der Waals surface area (Å²) in [5, 5.41) is 18.8. The van der Waals surface area contributed by atoms with Gasteiger partial charge in [-0.15, -0.1) is 0 Å². The van der Waals surface area contributed by atoms with Crippen LogP contribution in [0.1, 0.15) is 5.56 Å². The number of rotatable bonds is 4. The lowest BCUT2D eigenvalue weighted by Gasteiger charge is -2.12. The molecule has 1 N–H and O–H groups in total. The molecular weight excluding hydrogens is 306 g/mol. The average molecular weight is 312 g/mol. The molecule has 0 saturated heterocycles. The van der Waals surface area contributed by atoms with E-state index in [4.69, 9.17) is 22.7 Å².